The lowest BCUT2D eigenvalue weighted by Crippen LogP contribution is -2.11. The topological polar surface area (TPSA) is 42.0 Å². The van der Waals surface area contributed by atoms with E-state index in [9.17, 15) is 4.79 Å². The Kier molecular flexibility index (Phi) is 4.17. The number of carbonyl (C=O) groups is 1. The first kappa shape index (κ1) is 14.8. The molecule has 0 aliphatic carbocycles. The van der Waals surface area contributed by atoms with Gasteiger partial charge in [0.2, 0.25) is 0 Å². The van der Waals surface area contributed by atoms with Crippen LogP contribution >= 0.6 is 50.5 Å². The van der Waals surface area contributed by atoms with E-state index in [1.165, 1.54) is 11.3 Å². The van der Waals surface area contributed by atoms with Crippen LogP contribution < -0.4 is 5.32 Å². The highest BCUT2D eigenvalue weighted by Gasteiger charge is 2.12. The molecule has 1 amide bonds. The summed E-state index contributed by atoms with van der Waals surface area (Å²) in [6.07, 6.45) is 0. The highest BCUT2D eigenvalue weighted by atomic mass is 79.9. The molecule has 2 aromatic carbocycles. The predicted octanol–water partition coefficient (Wildman–Crippen LogP) is 5.62. The van der Waals surface area contributed by atoms with Crippen LogP contribution in [0.2, 0.25) is 10.0 Å². The van der Waals surface area contributed by atoms with Gasteiger partial charge in [0.25, 0.3) is 5.91 Å². The van der Waals surface area contributed by atoms with Crippen molar-refractivity contribution in [2.24, 2.45) is 0 Å². The first-order chi connectivity index (χ1) is 10.0. The molecule has 1 N–H and O–H groups in total. The second-order valence-electron chi connectivity index (χ2n) is 4.21. The van der Waals surface area contributed by atoms with Gasteiger partial charge in [-0.1, -0.05) is 50.5 Å². The largest absolute Gasteiger partial charge is 0.298 e. The van der Waals surface area contributed by atoms with Crippen molar-refractivity contribution in [3.05, 3.63) is 56.5 Å². The summed E-state index contributed by atoms with van der Waals surface area (Å²) in [5, 5.41) is 4.27. The number of nitrogens with zero attached hydrogens (tertiary/aromatic N) is 1. The molecule has 0 radical (unpaired) electrons. The quantitative estimate of drug-likeness (QED) is 0.605. The van der Waals surface area contributed by atoms with Crippen LogP contribution in [0.3, 0.4) is 0 Å². The fourth-order valence-corrected chi connectivity index (χ4v) is 3.63. The number of amides is 1. The van der Waals surface area contributed by atoms with E-state index >= 15 is 0 Å². The van der Waals surface area contributed by atoms with E-state index in [0.29, 0.717) is 26.3 Å². The number of anilines is 1. The molecule has 106 valence electrons. The van der Waals surface area contributed by atoms with Crippen molar-refractivity contribution in [1.29, 1.82) is 0 Å². The van der Waals surface area contributed by atoms with Gasteiger partial charge in [-0.15, -0.1) is 0 Å². The fourth-order valence-electron chi connectivity index (χ4n) is 1.78. The molecule has 21 heavy (non-hydrogen) atoms. The van der Waals surface area contributed by atoms with Crippen LogP contribution in [0, 0.1) is 0 Å². The lowest BCUT2D eigenvalue weighted by Gasteiger charge is -2.01. The Morgan fingerprint density at radius 1 is 1.19 bits per heavy atom. The molecular weight excluding hydrogens is 395 g/mol. The van der Waals surface area contributed by atoms with Crippen LogP contribution in [0.5, 0.6) is 0 Å². The zero-order chi connectivity index (χ0) is 15.0. The minimum atomic E-state index is -0.219. The number of hydrogen-bond donors (Lipinski definition) is 1. The van der Waals surface area contributed by atoms with Gasteiger partial charge < -0.3 is 0 Å². The Morgan fingerprint density at radius 3 is 2.62 bits per heavy atom. The number of carbonyl (C=O) groups excluding carboxylic acids is 1. The molecule has 1 heterocycles. The molecule has 0 saturated heterocycles. The Hall–Kier alpha value is -1.14. The maximum absolute atomic E-state index is 12.1. The van der Waals surface area contributed by atoms with E-state index in [1.54, 1.807) is 24.3 Å². The van der Waals surface area contributed by atoms with Crippen molar-refractivity contribution in [1.82, 2.24) is 4.98 Å². The molecule has 0 aliphatic heterocycles. The van der Waals surface area contributed by atoms with Crippen molar-refractivity contribution < 1.29 is 4.79 Å². The van der Waals surface area contributed by atoms with E-state index < -0.39 is 0 Å². The summed E-state index contributed by atoms with van der Waals surface area (Å²) in [4.78, 5) is 16.5. The van der Waals surface area contributed by atoms with E-state index in [0.717, 1.165) is 9.17 Å². The van der Waals surface area contributed by atoms with Crippen LogP contribution in [-0.4, -0.2) is 10.9 Å². The molecule has 0 unspecified atom stereocenters. The normalized spacial score (nSPS) is 10.8. The van der Waals surface area contributed by atoms with Crippen molar-refractivity contribution in [2.75, 3.05) is 5.32 Å². The Balaban J connectivity index is 1.89. The summed E-state index contributed by atoms with van der Waals surface area (Å²) in [7, 11) is 0. The minimum absolute atomic E-state index is 0.219. The highest BCUT2D eigenvalue weighted by molar-refractivity contribution is 9.10. The van der Waals surface area contributed by atoms with Gasteiger partial charge in [-0.2, -0.15) is 0 Å². The summed E-state index contributed by atoms with van der Waals surface area (Å²) < 4.78 is 1.75. The molecule has 3 nitrogen and oxygen atoms in total. The molecule has 3 aromatic rings. The summed E-state index contributed by atoms with van der Waals surface area (Å²) >= 11 is 16.7. The van der Waals surface area contributed by atoms with E-state index in [-0.39, 0.29) is 5.91 Å². The zero-order valence-corrected chi connectivity index (χ0v) is 14.3. The third-order valence-electron chi connectivity index (χ3n) is 2.74. The number of thiazole rings is 1. The molecule has 0 saturated carbocycles. The van der Waals surface area contributed by atoms with Crippen LogP contribution in [0.1, 0.15) is 10.4 Å². The Morgan fingerprint density at radius 2 is 1.90 bits per heavy atom. The molecule has 0 fully saturated rings. The lowest BCUT2D eigenvalue weighted by atomic mass is 10.2. The van der Waals surface area contributed by atoms with Gasteiger partial charge in [0.05, 0.1) is 9.72 Å². The number of aromatic nitrogens is 1. The number of nitrogens with one attached hydrogen (secondary N) is 1. The average molecular weight is 402 g/mol. The summed E-state index contributed by atoms with van der Waals surface area (Å²) in [5.41, 5.74) is 1.19. The fraction of sp³-hybridized carbons (Fsp3) is 0. The predicted molar refractivity (Wildman–Crippen MR) is 91.7 cm³/mol. The first-order valence-electron chi connectivity index (χ1n) is 5.85. The lowest BCUT2D eigenvalue weighted by molar-refractivity contribution is 0.102. The van der Waals surface area contributed by atoms with E-state index in [1.807, 2.05) is 12.1 Å². The first-order valence-corrected chi connectivity index (χ1v) is 8.22. The molecule has 0 aliphatic rings. The maximum atomic E-state index is 12.1. The van der Waals surface area contributed by atoms with Gasteiger partial charge >= 0.3 is 0 Å². The maximum Gasteiger partial charge on any atom is 0.257 e. The molecule has 3 rings (SSSR count). The standard InChI is InChI=1S/C14H7BrCl2N2OS/c15-8-3-1-7(2-4-8)13(20)19-14-18-12-10(17)5-9(16)6-11(12)21-14/h1-6H,(H,18,19,20). The van der Waals surface area contributed by atoms with Crippen molar-refractivity contribution >= 4 is 71.7 Å². The van der Waals surface area contributed by atoms with E-state index in [4.69, 9.17) is 23.2 Å². The monoisotopic (exact) mass is 400 g/mol. The zero-order valence-electron chi connectivity index (χ0n) is 10.4. The SMILES string of the molecule is O=C(Nc1nc2c(Cl)cc(Cl)cc2s1)c1ccc(Br)cc1. The Bertz CT molecular complexity index is 833. The number of halogens is 3. The van der Waals surface area contributed by atoms with Gasteiger partial charge in [0, 0.05) is 15.1 Å². The van der Waals surface area contributed by atoms with Gasteiger partial charge in [-0.25, -0.2) is 4.98 Å². The van der Waals surface area contributed by atoms with Crippen LogP contribution in [0.15, 0.2) is 40.9 Å². The molecule has 0 bridgehead atoms. The molecular formula is C14H7BrCl2N2OS. The molecule has 1 aromatic heterocycles. The van der Waals surface area contributed by atoms with Crippen molar-refractivity contribution in [3.8, 4) is 0 Å². The molecule has 7 heteroatoms. The van der Waals surface area contributed by atoms with Crippen molar-refractivity contribution in [2.45, 2.75) is 0 Å². The minimum Gasteiger partial charge on any atom is -0.298 e. The van der Waals surface area contributed by atoms with Crippen molar-refractivity contribution in [3.63, 3.8) is 0 Å². The third-order valence-corrected chi connectivity index (χ3v) is 4.69. The van der Waals surface area contributed by atoms with E-state index in [2.05, 4.69) is 26.2 Å². The Labute approximate surface area is 143 Å². The summed E-state index contributed by atoms with van der Waals surface area (Å²) in [5.74, 6) is -0.219. The van der Waals surface area contributed by atoms with Crippen LogP contribution in [0.4, 0.5) is 5.13 Å². The smallest absolute Gasteiger partial charge is 0.257 e. The summed E-state index contributed by atoms with van der Waals surface area (Å²) in [6.45, 7) is 0. The molecule has 0 spiro atoms. The second kappa shape index (κ2) is 5.93. The average Bonchev–Trinajstić information content (AvgIpc) is 2.82. The second-order valence-corrected chi connectivity index (χ2v) is 7.00. The van der Waals surface area contributed by atoms with Gasteiger partial charge in [-0.3, -0.25) is 10.1 Å². The van der Waals surface area contributed by atoms with Crippen LogP contribution in [-0.2, 0) is 0 Å². The highest BCUT2D eigenvalue weighted by Crippen LogP contribution is 2.33. The van der Waals surface area contributed by atoms with Gasteiger partial charge in [0.1, 0.15) is 5.52 Å². The third kappa shape index (κ3) is 3.21. The number of fused-ring (bicyclic) bond motifs is 1. The van der Waals surface area contributed by atoms with Gasteiger partial charge in [0.15, 0.2) is 5.13 Å². The molecule has 0 atom stereocenters. The van der Waals surface area contributed by atoms with Gasteiger partial charge in [-0.05, 0) is 36.4 Å². The van der Waals surface area contributed by atoms with Crippen LogP contribution in [0.25, 0.3) is 10.2 Å². The number of hydrogen-bond acceptors (Lipinski definition) is 3. The number of benzene rings is 2. The number of rotatable bonds is 2. The summed E-state index contributed by atoms with van der Waals surface area (Å²) in [6, 6.07) is 10.5.